The smallest absolute Gasteiger partial charge is 0.399 e. The molecule has 0 bridgehead atoms. The van der Waals surface area contributed by atoms with Crippen molar-refractivity contribution >= 4 is 30.1 Å². The number of halogens is 1. The Morgan fingerprint density at radius 3 is 2.10 bits per heavy atom. The number of hydrogen-bond acceptors (Lipinski definition) is 5. The molecule has 1 aromatic heterocycles. The molecule has 7 heteroatoms. The molecule has 1 aromatic rings. The minimum Gasteiger partial charge on any atom is -0.399 e. The van der Waals surface area contributed by atoms with E-state index in [1.807, 2.05) is 32.6 Å². The fourth-order valence-corrected chi connectivity index (χ4v) is 2.36. The van der Waals surface area contributed by atoms with Gasteiger partial charge in [0.1, 0.15) is 5.15 Å². The summed E-state index contributed by atoms with van der Waals surface area (Å²) in [5, 5.41) is 0.380. The Kier molecular flexibility index (Phi) is 4.52. The van der Waals surface area contributed by atoms with Crippen LogP contribution in [0.3, 0.4) is 0 Å². The summed E-state index contributed by atoms with van der Waals surface area (Å²) in [5.74, 6) is 0.630. The lowest BCUT2D eigenvalue weighted by molar-refractivity contribution is 0.00578. The highest BCUT2D eigenvalue weighted by atomic mass is 35.5. The predicted octanol–water partition coefficient (Wildman–Crippen LogP) is 2.28. The number of nitrogens with zero attached hydrogens (tertiary/aromatic N) is 3. The minimum atomic E-state index is -0.534. The van der Waals surface area contributed by atoms with Gasteiger partial charge in [0.05, 0.1) is 11.2 Å². The van der Waals surface area contributed by atoms with Gasteiger partial charge in [0.2, 0.25) is 5.95 Å². The van der Waals surface area contributed by atoms with Crippen LogP contribution in [0.5, 0.6) is 0 Å². The summed E-state index contributed by atoms with van der Waals surface area (Å²) in [7, 11) is -0.534. The van der Waals surface area contributed by atoms with Crippen molar-refractivity contribution < 1.29 is 9.31 Å². The number of rotatable bonds is 4. The van der Waals surface area contributed by atoms with Gasteiger partial charge >= 0.3 is 7.12 Å². The highest BCUT2D eigenvalue weighted by molar-refractivity contribution is 6.65. The van der Waals surface area contributed by atoms with Crippen LogP contribution in [0.15, 0.2) is 6.20 Å². The second-order valence-electron chi connectivity index (χ2n) is 6.18. The Morgan fingerprint density at radius 2 is 1.67 bits per heavy atom. The second-order valence-corrected chi connectivity index (χ2v) is 6.53. The molecule has 1 fully saturated rings. The van der Waals surface area contributed by atoms with Crippen LogP contribution in [0, 0.1) is 0 Å². The monoisotopic (exact) mass is 311 g/mol. The number of hydrogen-bond donors (Lipinski definition) is 0. The van der Waals surface area contributed by atoms with Crippen LogP contribution in [-0.2, 0) is 9.31 Å². The SMILES string of the molecule is CCN(CC)c1ncc(B2OC(C)(C)C(C)(C)O2)c(Cl)n1. The molecule has 0 aliphatic carbocycles. The molecule has 0 amide bonds. The molecular weight excluding hydrogens is 288 g/mol. The zero-order chi connectivity index (χ0) is 15.8. The molecule has 0 spiro atoms. The molecule has 0 atom stereocenters. The third kappa shape index (κ3) is 3.03. The van der Waals surface area contributed by atoms with E-state index in [2.05, 4.69) is 23.8 Å². The molecule has 0 unspecified atom stereocenters. The predicted molar refractivity (Wildman–Crippen MR) is 86.3 cm³/mol. The van der Waals surface area contributed by atoms with Crippen LogP contribution in [0.1, 0.15) is 41.5 Å². The van der Waals surface area contributed by atoms with E-state index in [-0.39, 0.29) is 0 Å². The average molecular weight is 312 g/mol. The molecule has 0 saturated carbocycles. The van der Waals surface area contributed by atoms with Crippen molar-refractivity contribution in [2.24, 2.45) is 0 Å². The van der Waals surface area contributed by atoms with Gasteiger partial charge in [0.15, 0.2) is 0 Å². The van der Waals surface area contributed by atoms with E-state index in [9.17, 15) is 0 Å². The van der Waals surface area contributed by atoms with E-state index < -0.39 is 18.3 Å². The van der Waals surface area contributed by atoms with Crippen molar-refractivity contribution in [3.8, 4) is 0 Å². The standard InChI is InChI=1S/C14H23BClN3O2/c1-7-19(8-2)12-17-9-10(11(16)18-12)15-20-13(3,4)14(5,6)21-15/h9H,7-8H2,1-6H3. The van der Waals surface area contributed by atoms with Crippen LogP contribution in [-0.4, -0.2) is 41.4 Å². The maximum absolute atomic E-state index is 6.32. The van der Waals surface area contributed by atoms with Crippen LogP contribution in [0.2, 0.25) is 5.15 Å². The van der Waals surface area contributed by atoms with Crippen molar-refractivity contribution in [3.05, 3.63) is 11.3 Å². The Morgan fingerprint density at radius 1 is 1.14 bits per heavy atom. The summed E-state index contributed by atoms with van der Waals surface area (Å²) in [6, 6.07) is 0. The Balaban J connectivity index is 2.27. The van der Waals surface area contributed by atoms with Gasteiger partial charge in [-0.3, -0.25) is 0 Å². The molecule has 1 aliphatic rings. The summed E-state index contributed by atoms with van der Waals surface area (Å²) in [6.07, 6.45) is 1.70. The van der Waals surface area contributed by atoms with Gasteiger partial charge in [-0.1, -0.05) is 11.6 Å². The van der Waals surface area contributed by atoms with E-state index in [4.69, 9.17) is 20.9 Å². The van der Waals surface area contributed by atoms with Crippen molar-refractivity contribution in [2.45, 2.75) is 52.7 Å². The number of anilines is 1. The molecule has 5 nitrogen and oxygen atoms in total. The van der Waals surface area contributed by atoms with E-state index in [1.165, 1.54) is 0 Å². The number of aromatic nitrogens is 2. The summed E-state index contributed by atoms with van der Waals surface area (Å²) >= 11 is 6.32. The first-order valence-electron chi connectivity index (χ1n) is 7.35. The average Bonchev–Trinajstić information content (AvgIpc) is 2.59. The Hall–Kier alpha value is -0.845. The van der Waals surface area contributed by atoms with Gasteiger partial charge in [-0.2, -0.15) is 0 Å². The van der Waals surface area contributed by atoms with E-state index in [1.54, 1.807) is 6.20 Å². The summed E-state index contributed by atoms with van der Waals surface area (Å²) in [4.78, 5) is 10.8. The summed E-state index contributed by atoms with van der Waals surface area (Å²) < 4.78 is 12.0. The van der Waals surface area contributed by atoms with Gasteiger partial charge in [-0.05, 0) is 41.5 Å². The van der Waals surface area contributed by atoms with Crippen LogP contribution in [0.4, 0.5) is 5.95 Å². The van der Waals surface area contributed by atoms with Crippen molar-refractivity contribution in [1.29, 1.82) is 0 Å². The largest absolute Gasteiger partial charge is 0.499 e. The summed E-state index contributed by atoms with van der Waals surface area (Å²) in [6.45, 7) is 13.8. The third-order valence-corrected chi connectivity index (χ3v) is 4.61. The van der Waals surface area contributed by atoms with Gasteiger partial charge in [0, 0.05) is 24.7 Å². The van der Waals surface area contributed by atoms with E-state index in [0.717, 1.165) is 13.1 Å². The first kappa shape index (κ1) is 16.5. The van der Waals surface area contributed by atoms with E-state index in [0.29, 0.717) is 16.6 Å². The van der Waals surface area contributed by atoms with Crippen LogP contribution >= 0.6 is 11.6 Å². The van der Waals surface area contributed by atoms with Crippen LogP contribution in [0.25, 0.3) is 0 Å². The first-order valence-corrected chi connectivity index (χ1v) is 7.72. The molecule has 2 rings (SSSR count). The second kappa shape index (κ2) is 5.74. The lowest BCUT2D eigenvalue weighted by atomic mass is 9.81. The highest BCUT2D eigenvalue weighted by Gasteiger charge is 2.52. The highest BCUT2D eigenvalue weighted by Crippen LogP contribution is 2.36. The first-order chi connectivity index (χ1) is 9.71. The van der Waals surface area contributed by atoms with Gasteiger partial charge in [-0.15, -0.1) is 0 Å². The van der Waals surface area contributed by atoms with Gasteiger partial charge in [0.25, 0.3) is 0 Å². The van der Waals surface area contributed by atoms with E-state index >= 15 is 0 Å². The van der Waals surface area contributed by atoms with Crippen molar-refractivity contribution in [1.82, 2.24) is 9.97 Å². The lowest BCUT2D eigenvalue weighted by Gasteiger charge is -2.32. The molecule has 0 aromatic carbocycles. The van der Waals surface area contributed by atoms with Crippen LogP contribution < -0.4 is 10.4 Å². The Bertz CT molecular complexity index is 505. The molecule has 1 saturated heterocycles. The maximum Gasteiger partial charge on any atom is 0.499 e. The molecule has 1 aliphatic heterocycles. The molecule has 21 heavy (non-hydrogen) atoms. The van der Waals surface area contributed by atoms with Gasteiger partial charge < -0.3 is 14.2 Å². The summed E-state index contributed by atoms with van der Waals surface area (Å²) in [5.41, 5.74) is -0.136. The third-order valence-electron chi connectivity index (χ3n) is 4.31. The van der Waals surface area contributed by atoms with Gasteiger partial charge in [-0.25, -0.2) is 9.97 Å². The van der Waals surface area contributed by atoms with Crippen molar-refractivity contribution in [2.75, 3.05) is 18.0 Å². The zero-order valence-electron chi connectivity index (χ0n) is 13.6. The molecule has 0 N–H and O–H groups in total. The normalized spacial score (nSPS) is 19.9. The maximum atomic E-state index is 6.32. The molecule has 0 radical (unpaired) electrons. The topological polar surface area (TPSA) is 47.5 Å². The fourth-order valence-electron chi connectivity index (χ4n) is 2.15. The minimum absolute atomic E-state index is 0.380. The van der Waals surface area contributed by atoms with Crippen molar-refractivity contribution in [3.63, 3.8) is 0 Å². The molecule has 2 heterocycles. The fraction of sp³-hybridized carbons (Fsp3) is 0.714. The molecule has 116 valence electrons. The lowest BCUT2D eigenvalue weighted by Crippen LogP contribution is -2.41. The zero-order valence-corrected chi connectivity index (χ0v) is 14.4. The quantitative estimate of drug-likeness (QED) is 0.630. The Labute approximate surface area is 132 Å². The molecular formula is C14H23BClN3O2.